The molecule has 2 nitrogen and oxygen atoms in total. The Bertz CT molecular complexity index is 580. The van der Waals surface area contributed by atoms with E-state index in [9.17, 15) is 10.2 Å². The fraction of sp³-hybridized carbons (Fsp3) is 1.00. The smallest absolute Gasteiger partial charge is 0.0588 e. The number of hydrogen-bond acceptors (Lipinski definition) is 2. The summed E-state index contributed by atoms with van der Waals surface area (Å²) >= 11 is 0. The molecule has 8 unspecified atom stereocenters. The van der Waals surface area contributed by atoms with Crippen molar-refractivity contribution in [2.45, 2.75) is 138 Å². The quantitative estimate of drug-likeness (QED) is 0.478. The van der Waals surface area contributed by atoms with Gasteiger partial charge < -0.3 is 10.2 Å². The van der Waals surface area contributed by atoms with E-state index < -0.39 is 0 Å². The van der Waals surface area contributed by atoms with Crippen molar-refractivity contribution in [1.29, 1.82) is 0 Å². The van der Waals surface area contributed by atoms with Gasteiger partial charge in [0.2, 0.25) is 0 Å². The molecule has 182 valence electrons. The van der Waals surface area contributed by atoms with Crippen LogP contribution in [0.1, 0.15) is 126 Å². The molecule has 4 saturated carbocycles. The van der Waals surface area contributed by atoms with Gasteiger partial charge in [-0.2, -0.15) is 0 Å². The van der Waals surface area contributed by atoms with E-state index in [2.05, 4.69) is 34.6 Å². The van der Waals surface area contributed by atoms with E-state index >= 15 is 0 Å². The Morgan fingerprint density at radius 1 is 0.871 bits per heavy atom. The molecule has 0 aliphatic heterocycles. The minimum Gasteiger partial charge on any atom is -0.393 e. The fourth-order valence-corrected chi connectivity index (χ4v) is 8.81. The van der Waals surface area contributed by atoms with Crippen LogP contribution in [0.25, 0.3) is 0 Å². The van der Waals surface area contributed by atoms with Crippen molar-refractivity contribution in [1.82, 2.24) is 0 Å². The zero-order valence-electron chi connectivity index (χ0n) is 21.9. The number of fused-ring (bicyclic) bond motifs is 5. The van der Waals surface area contributed by atoms with Gasteiger partial charge in [0, 0.05) is 0 Å². The summed E-state index contributed by atoms with van der Waals surface area (Å²) in [6.07, 6.45) is 15.2. The molecule has 0 amide bonds. The zero-order chi connectivity index (χ0) is 23.0. The maximum Gasteiger partial charge on any atom is 0.0588 e. The summed E-state index contributed by atoms with van der Waals surface area (Å²) in [5.41, 5.74) is 1.06. The van der Waals surface area contributed by atoms with Crippen LogP contribution in [0.2, 0.25) is 0 Å². The molecule has 0 aromatic carbocycles. The third-order valence-corrected chi connectivity index (χ3v) is 10.9. The standard InChI is InChI=1S/C27H48O2.C2H6/c1-25(2,3)24(29)8-6-7-18-10-12-22-21-11-9-19-17-20(28)13-15-27(19,5)23(21)14-16-26(18,22)4;1-2/h18-24,28-29H,6-17H2,1-5H3;1-2H3/t18-,19?,20?,21?,22?,23?,24?,26?,27?;/m0./s1. The van der Waals surface area contributed by atoms with Gasteiger partial charge in [-0.25, -0.2) is 0 Å². The van der Waals surface area contributed by atoms with Crippen molar-refractivity contribution in [2.24, 2.45) is 45.8 Å². The molecule has 31 heavy (non-hydrogen) atoms. The van der Waals surface area contributed by atoms with E-state index in [-0.39, 0.29) is 17.6 Å². The summed E-state index contributed by atoms with van der Waals surface area (Å²) in [5.74, 6) is 4.43. The number of aliphatic hydroxyl groups is 2. The lowest BCUT2D eigenvalue weighted by molar-refractivity contribution is -0.127. The first-order valence-corrected chi connectivity index (χ1v) is 13.9. The third kappa shape index (κ3) is 4.77. The predicted molar refractivity (Wildman–Crippen MR) is 132 cm³/mol. The first kappa shape index (κ1) is 25.5. The molecular weight excluding hydrogens is 380 g/mol. The van der Waals surface area contributed by atoms with Crippen molar-refractivity contribution in [3.05, 3.63) is 0 Å². The van der Waals surface area contributed by atoms with Crippen LogP contribution in [0.4, 0.5) is 0 Å². The number of aliphatic hydroxyl groups excluding tert-OH is 2. The molecular formula is C29H54O2. The van der Waals surface area contributed by atoms with Crippen molar-refractivity contribution in [3.63, 3.8) is 0 Å². The SMILES string of the molecule is CC.CC(C)(C)C(O)CCC[C@H]1CCC2C3CCC4CC(O)CCC4(C)C3CCC21C. The molecule has 2 N–H and O–H groups in total. The van der Waals surface area contributed by atoms with Gasteiger partial charge in [0.05, 0.1) is 12.2 Å². The summed E-state index contributed by atoms with van der Waals surface area (Å²) in [6.45, 7) is 15.7. The first-order chi connectivity index (χ1) is 14.6. The van der Waals surface area contributed by atoms with Crippen molar-refractivity contribution in [2.75, 3.05) is 0 Å². The van der Waals surface area contributed by atoms with Crippen LogP contribution < -0.4 is 0 Å². The Morgan fingerprint density at radius 3 is 2.19 bits per heavy atom. The highest BCUT2D eigenvalue weighted by Crippen LogP contribution is 2.67. The van der Waals surface area contributed by atoms with Crippen LogP contribution in [-0.4, -0.2) is 22.4 Å². The Balaban J connectivity index is 0.00000132. The largest absolute Gasteiger partial charge is 0.393 e. The molecule has 4 aliphatic carbocycles. The van der Waals surface area contributed by atoms with Crippen molar-refractivity contribution >= 4 is 0 Å². The van der Waals surface area contributed by atoms with Crippen molar-refractivity contribution in [3.8, 4) is 0 Å². The van der Waals surface area contributed by atoms with Gasteiger partial charge in [-0.1, -0.05) is 54.9 Å². The number of hydrogen-bond donors (Lipinski definition) is 2. The summed E-state index contributed by atoms with van der Waals surface area (Å²) < 4.78 is 0. The summed E-state index contributed by atoms with van der Waals surface area (Å²) in [6, 6.07) is 0. The Hall–Kier alpha value is -0.0800. The fourth-order valence-electron chi connectivity index (χ4n) is 8.81. The normalized spacial score (nSPS) is 45.6. The number of rotatable bonds is 4. The average Bonchev–Trinajstić information content (AvgIpc) is 3.06. The highest BCUT2D eigenvalue weighted by atomic mass is 16.3. The molecule has 0 radical (unpaired) electrons. The first-order valence-electron chi connectivity index (χ1n) is 13.9. The second-order valence-electron chi connectivity index (χ2n) is 13.2. The maximum atomic E-state index is 10.4. The van der Waals surface area contributed by atoms with Gasteiger partial charge in [0.15, 0.2) is 0 Å². The van der Waals surface area contributed by atoms with E-state index in [0.717, 1.165) is 48.9 Å². The lowest BCUT2D eigenvalue weighted by atomic mass is 9.44. The second-order valence-corrected chi connectivity index (χ2v) is 13.2. The lowest BCUT2D eigenvalue weighted by Gasteiger charge is -2.61. The van der Waals surface area contributed by atoms with Crippen LogP contribution in [0.15, 0.2) is 0 Å². The zero-order valence-corrected chi connectivity index (χ0v) is 21.9. The van der Waals surface area contributed by atoms with Crippen LogP contribution in [0.5, 0.6) is 0 Å². The van der Waals surface area contributed by atoms with E-state index in [1.54, 1.807) is 0 Å². The van der Waals surface area contributed by atoms with Gasteiger partial charge in [-0.3, -0.25) is 0 Å². The van der Waals surface area contributed by atoms with E-state index in [1.165, 1.54) is 57.8 Å². The minimum atomic E-state index is -0.167. The van der Waals surface area contributed by atoms with Crippen molar-refractivity contribution < 1.29 is 10.2 Å². The van der Waals surface area contributed by atoms with Crippen LogP contribution >= 0.6 is 0 Å². The van der Waals surface area contributed by atoms with Gasteiger partial charge in [0.1, 0.15) is 0 Å². The molecule has 0 spiro atoms. The molecule has 9 atom stereocenters. The molecule has 2 heteroatoms. The molecule has 4 rings (SSSR count). The molecule has 4 fully saturated rings. The maximum absolute atomic E-state index is 10.4. The van der Waals surface area contributed by atoms with Gasteiger partial charge in [-0.15, -0.1) is 0 Å². The third-order valence-electron chi connectivity index (χ3n) is 10.9. The van der Waals surface area contributed by atoms with Crippen LogP contribution in [-0.2, 0) is 0 Å². The van der Waals surface area contributed by atoms with Crippen LogP contribution in [0.3, 0.4) is 0 Å². The van der Waals surface area contributed by atoms with E-state index in [1.807, 2.05) is 13.8 Å². The Kier molecular flexibility index (Phi) is 7.95. The molecule has 0 bridgehead atoms. The monoisotopic (exact) mass is 434 g/mol. The topological polar surface area (TPSA) is 40.5 Å². The van der Waals surface area contributed by atoms with Gasteiger partial charge in [-0.05, 0) is 116 Å². The molecule has 0 saturated heterocycles. The van der Waals surface area contributed by atoms with Crippen LogP contribution in [0, 0.1) is 45.8 Å². The predicted octanol–water partition coefficient (Wildman–Crippen LogP) is 7.61. The molecule has 4 aliphatic rings. The summed E-state index contributed by atoms with van der Waals surface area (Å²) in [4.78, 5) is 0. The second kappa shape index (κ2) is 9.65. The summed E-state index contributed by atoms with van der Waals surface area (Å²) in [7, 11) is 0. The molecule has 0 heterocycles. The van der Waals surface area contributed by atoms with E-state index in [4.69, 9.17) is 0 Å². The highest BCUT2D eigenvalue weighted by molar-refractivity contribution is 5.09. The molecule has 0 aromatic rings. The highest BCUT2D eigenvalue weighted by Gasteiger charge is 2.59. The van der Waals surface area contributed by atoms with E-state index in [0.29, 0.717) is 10.8 Å². The van der Waals surface area contributed by atoms with Gasteiger partial charge >= 0.3 is 0 Å². The molecule has 0 aromatic heterocycles. The summed E-state index contributed by atoms with van der Waals surface area (Å²) in [5, 5.41) is 20.7. The van der Waals surface area contributed by atoms with Gasteiger partial charge in [0.25, 0.3) is 0 Å². The Morgan fingerprint density at radius 2 is 1.52 bits per heavy atom. The Labute approximate surface area is 194 Å². The average molecular weight is 435 g/mol. The lowest BCUT2D eigenvalue weighted by Crippen LogP contribution is -2.53. The minimum absolute atomic E-state index is 0.0157.